The summed E-state index contributed by atoms with van der Waals surface area (Å²) in [6.07, 6.45) is 91.1. The SMILES string of the molecule is CCCCCCCCC1=C(c2cc(C)c(C)c(C)c2)[N+](=[N-])C(c2cc(C)c(C)c(C)c2)=C1.CCCCCCCCCCCCCCCCCCCCCCCCCCCC[CH2][Ni][CH2]CCCCCCCCCCCCCCCCCCCCCCCCCCCC. The van der Waals surface area contributed by atoms with Crippen molar-refractivity contribution in [3.63, 3.8) is 0 Å². The molecule has 0 fully saturated rings. The van der Waals surface area contributed by atoms with E-state index in [9.17, 15) is 5.53 Å². The molecule has 2 aromatic carbocycles. The molecule has 0 atom stereocenters. The van der Waals surface area contributed by atoms with E-state index in [1.54, 1.807) is 0 Å². The van der Waals surface area contributed by atoms with Crippen molar-refractivity contribution in [2.24, 2.45) is 0 Å². The molecular formula is C88H158N2Ni. The van der Waals surface area contributed by atoms with E-state index in [0.717, 1.165) is 35.4 Å². The van der Waals surface area contributed by atoms with Gasteiger partial charge in [-0.25, -0.2) is 4.70 Å². The van der Waals surface area contributed by atoms with E-state index >= 15 is 0 Å². The minimum absolute atomic E-state index is 0.892. The van der Waals surface area contributed by atoms with Crippen molar-refractivity contribution in [1.29, 1.82) is 0 Å². The van der Waals surface area contributed by atoms with Crippen LogP contribution in [0.2, 0.25) is 10.8 Å². The van der Waals surface area contributed by atoms with Gasteiger partial charge in [0.2, 0.25) is 11.4 Å². The first-order valence-corrected chi connectivity index (χ1v) is 42.6. The van der Waals surface area contributed by atoms with Gasteiger partial charge in [0.05, 0.1) is 0 Å². The Balaban J connectivity index is 0.000000733. The van der Waals surface area contributed by atoms with E-state index in [2.05, 4.69) is 107 Å². The molecule has 0 spiro atoms. The minimum Gasteiger partial charge on any atom is -0.0654 e. The van der Waals surface area contributed by atoms with Gasteiger partial charge in [0.15, 0.2) is 0 Å². The van der Waals surface area contributed by atoms with E-state index in [-0.39, 0.29) is 0 Å². The van der Waals surface area contributed by atoms with Crippen molar-refractivity contribution in [3.8, 4) is 0 Å². The topological polar surface area (TPSA) is 25.3 Å². The number of nitrogens with zero attached hydrogens (tertiary/aromatic N) is 2. The number of hydrogen-bond acceptors (Lipinski definition) is 0. The van der Waals surface area contributed by atoms with Gasteiger partial charge in [-0.05, 0) is 112 Å². The summed E-state index contributed by atoms with van der Waals surface area (Å²) in [5, 5.41) is 2.87. The van der Waals surface area contributed by atoms with Crippen molar-refractivity contribution in [2.75, 3.05) is 0 Å². The summed E-state index contributed by atoms with van der Waals surface area (Å²) in [5.41, 5.74) is 24.4. The van der Waals surface area contributed by atoms with Crippen LogP contribution in [0.5, 0.6) is 0 Å². The summed E-state index contributed by atoms with van der Waals surface area (Å²) in [6.45, 7) is 19.9. The van der Waals surface area contributed by atoms with Crippen LogP contribution in [0.15, 0.2) is 35.9 Å². The molecule has 0 saturated heterocycles. The molecule has 530 valence electrons. The third kappa shape index (κ3) is 46.8. The number of unbranched alkanes of at least 4 members (excludes halogenated alkanes) is 57. The molecule has 1 aliphatic rings. The van der Waals surface area contributed by atoms with Gasteiger partial charge in [-0.3, -0.25) is 0 Å². The first kappa shape index (κ1) is 85.1. The molecule has 0 radical (unpaired) electrons. The summed E-state index contributed by atoms with van der Waals surface area (Å²) in [7, 11) is 0. The average molecular weight is 1300 g/mol. The molecule has 1 heterocycles. The summed E-state index contributed by atoms with van der Waals surface area (Å²) in [6, 6.07) is 8.86. The second kappa shape index (κ2) is 62.8. The Kier molecular flexibility index (Phi) is 58.7. The van der Waals surface area contributed by atoms with Crippen LogP contribution in [0.1, 0.15) is 457 Å². The first-order chi connectivity index (χ1) is 44.7. The zero-order valence-corrected chi connectivity index (χ0v) is 64.1. The van der Waals surface area contributed by atoms with E-state index in [4.69, 9.17) is 0 Å². The van der Waals surface area contributed by atoms with Gasteiger partial charge in [0.1, 0.15) is 0 Å². The number of hydrogen-bond donors (Lipinski definition) is 0. The molecule has 0 aliphatic carbocycles. The number of aryl methyl sites for hydroxylation is 4. The molecule has 2 aromatic rings. The fourth-order valence-corrected chi connectivity index (χ4v) is 15.3. The smallest absolute Gasteiger partial charge is 0.0654 e. The van der Waals surface area contributed by atoms with E-state index in [0.29, 0.717) is 0 Å². The molecule has 3 heteroatoms. The zero-order chi connectivity index (χ0) is 65.7. The van der Waals surface area contributed by atoms with Crippen molar-refractivity contribution in [3.05, 3.63) is 86.0 Å². The second-order valence-corrected chi connectivity index (χ2v) is 31.0. The van der Waals surface area contributed by atoms with Crippen LogP contribution < -0.4 is 0 Å². The van der Waals surface area contributed by atoms with Crippen molar-refractivity contribution < 1.29 is 19.1 Å². The summed E-state index contributed by atoms with van der Waals surface area (Å²) in [5.74, 6) is 0. The van der Waals surface area contributed by atoms with Crippen LogP contribution in [0.25, 0.3) is 16.9 Å². The molecule has 0 saturated carbocycles. The van der Waals surface area contributed by atoms with Crippen molar-refractivity contribution >= 4 is 11.4 Å². The van der Waals surface area contributed by atoms with Crippen LogP contribution in [0.3, 0.4) is 0 Å². The Hall–Kier alpha value is -1.99. The molecule has 3 rings (SSSR count). The summed E-state index contributed by atoms with van der Waals surface area (Å²) < 4.78 is 1.44. The summed E-state index contributed by atoms with van der Waals surface area (Å²) >= 11 is 2.05. The fourth-order valence-electron chi connectivity index (χ4n) is 14.1. The van der Waals surface area contributed by atoms with Gasteiger partial charge in [-0.15, -0.1) is 0 Å². The maximum atomic E-state index is 11.4. The molecule has 1 aliphatic heterocycles. The van der Waals surface area contributed by atoms with E-state index in [1.807, 2.05) is 0 Å². The third-order valence-corrected chi connectivity index (χ3v) is 22.3. The number of allylic oxidation sites excluding steroid dienone is 2. The molecule has 91 heavy (non-hydrogen) atoms. The van der Waals surface area contributed by atoms with Crippen molar-refractivity contribution in [2.45, 2.75) is 465 Å². The van der Waals surface area contributed by atoms with E-state index < -0.39 is 0 Å². The quantitative estimate of drug-likeness (QED) is 0.0358. The van der Waals surface area contributed by atoms with Crippen LogP contribution in [-0.2, 0) is 14.4 Å². The van der Waals surface area contributed by atoms with Crippen LogP contribution in [-0.4, -0.2) is 4.70 Å². The average Bonchev–Trinajstić information content (AvgIpc) is 1.68. The van der Waals surface area contributed by atoms with Gasteiger partial charge in [-0.2, -0.15) is 0 Å². The zero-order valence-electron chi connectivity index (χ0n) is 63.1. The first-order valence-electron chi connectivity index (χ1n) is 41.2. The minimum atomic E-state index is 0.892. The Morgan fingerprint density at radius 3 is 0.692 bits per heavy atom. The maximum absolute atomic E-state index is 11.4. The standard InChI is InChI=1S/C30H40N2.2C29H59.Ni/c1-8-9-10-11-12-13-14-26-19-29(27-15-20(2)24(6)21(3)16-27)32(31)30(26)28-17-22(4)25(7)23(5)18-28;2*1-3-5-7-9-11-13-15-17-19-21-23-25-27-29-28-26-24-22-20-18-16-14-12-10-8-6-4-2;/h15-19H,8-14H2,1-7H3;2*1,3-29H2,2H3;. The number of benzene rings is 2. The predicted molar refractivity (Wildman–Crippen MR) is 408 cm³/mol. The van der Waals surface area contributed by atoms with Crippen LogP contribution in [0, 0.1) is 41.5 Å². The fraction of sp³-hybridized carbons (Fsp3) is 0.818. The Morgan fingerprint density at radius 2 is 0.462 bits per heavy atom. The normalized spacial score (nSPS) is 12.5. The molecular weight excluding hydrogens is 1140 g/mol. The third-order valence-electron chi connectivity index (χ3n) is 20.9. The molecule has 0 unspecified atom stereocenters. The Bertz CT molecular complexity index is 1940. The predicted octanol–water partition coefficient (Wildman–Crippen LogP) is 32.1. The molecule has 0 amide bonds. The Labute approximate surface area is 577 Å². The monoisotopic (exact) mass is 1300 g/mol. The Morgan fingerprint density at radius 1 is 0.264 bits per heavy atom. The van der Waals surface area contributed by atoms with Gasteiger partial charge in [0.25, 0.3) is 0 Å². The molecule has 0 aromatic heterocycles. The van der Waals surface area contributed by atoms with Crippen LogP contribution in [0.4, 0.5) is 0 Å². The van der Waals surface area contributed by atoms with Gasteiger partial charge >= 0.3 is 166 Å². The molecule has 0 N–H and O–H groups in total. The van der Waals surface area contributed by atoms with Crippen molar-refractivity contribution in [1.82, 2.24) is 0 Å². The van der Waals surface area contributed by atoms with Gasteiger partial charge < -0.3 is 5.53 Å². The number of rotatable bonds is 65. The van der Waals surface area contributed by atoms with Crippen LogP contribution >= 0.6 is 0 Å². The molecule has 2 nitrogen and oxygen atoms in total. The van der Waals surface area contributed by atoms with Gasteiger partial charge in [-0.1, -0.05) is 258 Å². The van der Waals surface area contributed by atoms with Gasteiger partial charge in [0, 0.05) is 22.8 Å². The van der Waals surface area contributed by atoms with E-state index in [1.165, 1.54) is 433 Å². The molecule has 0 bridgehead atoms. The second-order valence-electron chi connectivity index (χ2n) is 29.6. The summed E-state index contributed by atoms with van der Waals surface area (Å²) in [4.78, 5) is 0.